The van der Waals surface area contributed by atoms with Gasteiger partial charge in [-0.2, -0.15) is 0 Å². The van der Waals surface area contributed by atoms with Gasteiger partial charge in [-0.1, -0.05) is 19.1 Å². The van der Waals surface area contributed by atoms with Crippen LogP contribution in [-0.2, 0) is 9.47 Å². The van der Waals surface area contributed by atoms with Gasteiger partial charge in [0.2, 0.25) is 0 Å². The number of rotatable bonds is 7. The van der Waals surface area contributed by atoms with E-state index in [0.717, 1.165) is 32.5 Å². The lowest BCUT2D eigenvalue weighted by Gasteiger charge is -2.25. The summed E-state index contributed by atoms with van der Waals surface area (Å²) in [6.07, 6.45) is 7.60. The molecular weight excluding hydrogens is 254 g/mol. The van der Waals surface area contributed by atoms with E-state index in [2.05, 4.69) is 31.3 Å². The molecule has 116 valence electrons. The highest BCUT2D eigenvalue weighted by atomic mass is 16.5. The molecule has 0 saturated carbocycles. The Hall–Kier alpha value is -0.420. The van der Waals surface area contributed by atoms with Gasteiger partial charge in [0.25, 0.3) is 0 Å². The molecule has 20 heavy (non-hydrogen) atoms. The number of aliphatic hydroxyl groups is 1. The summed E-state index contributed by atoms with van der Waals surface area (Å²) in [5, 5.41) is 13.3. The minimum Gasteiger partial charge on any atom is -0.389 e. The standard InChI is InChI=1S/C16H29NO3/c1-12-5-3-4-6-14(12)10-19-11-15(18)9-17-16-7-8-20-13(16)2/h3-4,12-18H,5-11H2,1-2H3. The number of ether oxygens (including phenoxy) is 2. The highest BCUT2D eigenvalue weighted by Crippen LogP contribution is 2.25. The molecule has 4 nitrogen and oxygen atoms in total. The van der Waals surface area contributed by atoms with E-state index in [1.807, 2.05) is 0 Å². The fraction of sp³-hybridized carbons (Fsp3) is 0.875. The lowest BCUT2D eigenvalue weighted by molar-refractivity contribution is 0.0108. The van der Waals surface area contributed by atoms with Crippen molar-refractivity contribution < 1.29 is 14.6 Å². The van der Waals surface area contributed by atoms with E-state index >= 15 is 0 Å². The molecule has 2 rings (SSSR count). The van der Waals surface area contributed by atoms with Crippen LogP contribution in [0.15, 0.2) is 12.2 Å². The number of allylic oxidation sites excluding steroid dienone is 2. The van der Waals surface area contributed by atoms with Gasteiger partial charge < -0.3 is 19.9 Å². The molecular formula is C16H29NO3. The highest BCUT2D eigenvalue weighted by Gasteiger charge is 2.24. The molecule has 0 radical (unpaired) electrons. The topological polar surface area (TPSA) is 50.7 Å². The Morgan fingerprint density at radius 2 is 2.15 bits per heavy atom. The van der Waals surface area contributed by atoms with Gasteiger partial charge in [-0.15, -0.1) is 0 Å². The summed E-state index contributed by atoms with van der Waals surface area (Å²) in [6, 6.07) is 0.369. The van der Waals surface area contributed by atoms with Crippen LogP contribution in [0, 0.1) is 11.8 Å². The molecule has 0 aromatic rings. The molecule has 0 spiro atoms. The first-order chi connectivity index (χ1) is 9.66. The van der Waals surface area contributed by atoms with Gasteiger partial charge >= 0.3 is 0 Å². The second-order valence-electron chi connectivity index (χ2n) is 6.25. The molecule has 5 atom stereocenters. The average Bonchev–Trinajstić information content (AvgIpc) is 2.84. The van der Waals surface area contributed by atoms with Gasteiger partial charge in [0.05, 0.1) is 25.4 Å². The van der Waals surface area contributed by atoms with E-state index < -0.39 is 6.10 Å². The third-order valence-corrected chi connectivity index (χ3v) is 4.55. The second kappa shape index (κ2) is 8.13. The van der Waals surface area contributed by atoms with Crippen molar-refractivity contribution in [1.82, 2.24) is 5.32 Å². The van der Waals surface area contributed by atoms with Gasteiger partial charge in [-0.25, -0.2) is 0 Å². The molecule has 0 amide bonds. The summed E-state index contributed by atoms with van der Waals surface area (Å²) in [5.74, 6) is 1.29. The van der Waals surface area contributed by atoms with Crippen LogP contribution in [0.2, 0.25) is 0 Å². The lowest BCUT2D eigenvalue weighted by Crippen LogP contribution is -2.41. The predicted molar refractivity (Wildman–Crippen MR) is 79.7 cm³/mol. The summed E-state index contributed by atoms with van der Waals surface area (Å²) < 4.78 is 11.2. The van der Waals surface area contributed by atoms with Crippen molar-refractivity contribution in [2.24, 2.45) is 11.8 Å². The molecule has 1 aliphatic carbocycles. The minimum absolute atomic E-state index is 0.248. The first-order valence-electron chi connectivity index (χ1n) is 7.92. The summed E-state index contributed by atoms with van der Waals surface area (Å²) in [5.41, 5.74) is 0. The first kappa shape index (κ1) is 16.0. The molecule has 2 aliphatic rings. The van der Waals surface area contributed by atoms with Crippen molar-refractivity contribution in [1.29, 1.82) is 0 Å². The van der Waals surface area contributed by atoms with Crippen molar-refractivity contribution in [3.63, 3.8) is 0 Å². The van der Waals surface area contributed by atoms with Gasteiger partial charge in [0.1, 0.15) is 0 Å². The van der Waals surface area contributed by atoms with Crippen molar-refractivity contribution in [2.75, 3.05) is 26.4 Å². The van der Waals surface area contributed by atoms with Crippen molar-refractivity contribution in [3.8, 4) is 0 Å². The summed E-state index contributed by atoms with van der Waals surface area (Å²) >= 11 is 0. The Kier molecular flexibility index (Phi) is 6.49. The fourth-order valence-electron chi connectivity index (χ4n) is 2.94. The molecule has 4 heteroatoms. The zero-order valence-corrected chi connectivity index (χ0v) is 12.8. The zero-order chi connectivity index (χ0) is 14.4. The van der Waals surface area contributed by atoms with E-state index in [9.17, 15) is 5.11 Å². The maximum Gasteiger partial charge on any atom is 0.0897 e. The van der Waals surface area contributed by atoms with E-state index in [1.165, 1.54) is 0 Å². The molecule has 1 fully saturated rings. The van der Waals surface area contributed by atoms with E-state index in [-0.39, 0.29) is 6.10 Å². The molecule has 2 N–H and O–H groups in total. The number of hydrogen-bond donors (Lipinski definition) is 2. The van der Waals surface area contributed by atoms with Crippen LogP contribution in [0.25, 0.3) is 0 Å². The van der Waals surface area contributed by atoms with Crippen LogP contribution in [0.1, 0.15) is 33.1 Å². The van der Waals surface area contributed by atoms with Crippen molar-refractivity contribution in [3.05, 3.63) is 12.2 Å². The Balaban J connectivity index is 1.55. The molecule has 0 aromatic heterocycles. The molecule has 5 unspecified atom stereocenters. The maximum atomic E-state index is 9.95. The lowest BCUT2D eigenvalue weighted by atomic mass is 9.85. The third-order valence-electron chi connectivity index (χ3n) is 4.55. The van der Waals surface area contributed by atoms with E-state index in [1.54, 1.807) is 0 Å². The molecule has 0 aromatic carbocycles. The average molecular weight is 283 g/mol. The highest BCUT2D eigenvalue weighted by molar-refractivity contribution is 4.93. The van der Waals surface area contributed by atoms with Crippen LogP contribution in [0.3, 0.4) is 0 Å². The monoisotopic (exact) mass is 283 g/mol. The first-order valence-corrected chi connectivity index (χ1v) is 7.92. The number of hydrogen-bond acceptors (Lipinski definition) is 4. The fourth-order valence-corrected chi connectivity index (χ4v) is 2.94. The van der Waals surface area contributed by atoms with Crippen LogP contribution in [-0.4, -0.2) is 49.7 Å². The summed E-state index contributed by atoms with van der Waals surface area (Å²) in [7, 11) is 0. The van der Waals surface area contributed by atoms with Crippen molar-refractivity contribution >= 4 is 0 Å². The second-order valence-corrected chi connectivity index (χ2v) is 6.25. The van der Waals surface area contributed by atoms with E-state index in [4.69, 9.17) is 9.47 Å². The molecule has 0 bridgehead atoms. The van der Waals surface area contributed by atoms with Crippen molar-refractivity contribution in [2.45, 2.75) is 51.4 Å². The normalized spacial score (nSPS) is 35.4. The minimum atomic E-state index is -0.433. The van der Waals surface area contributed by atoms with Gasteiger partial charge in [0, 0.05) is 19.2 Å². The van der Waals surface area contributed by atoms with Crippen LogP contribution in [0.4, 0.5) is 0 Å². The largest absolute Gasteiger partial charge is 0.389 e. The molecule has 1 saturated heterocycles. The summed E-state index contributed by atoms with van der Waals surface area (Å²) in [6.45, 7) is 6.92. The maximum absolute atomic E-state index is 9.95. The molecule has 1 heterocycles. The number of aliphatic hydroxyl groups excluding tert-OH is 1. The van der Waals surface area contributed by atoms with Gasteiger partial charge in [-0.3, -0.25) is 0 Å². The quantitative estimate of drug-likeness (QED) is 0.699. The SMILES string of the molecule is CC1CC=CCC1COCC(O)CNC1CCOC1C. The van der Waals surface area contributed by atoms with Crippen LogP contribution < -0.4 is 5.32 Å². The predicted octanol–water partition coefficient (Wildman–Crippen LogP) is 1.73. The summed E-state index contributed by atoms with van der Waals surface area (Å²) in [4.78, 5) is 0. The van der Waals surface area contributed by atoms with Crippen LogP contribution in [0.5, 0.6) is 0 Å². The Labute approximate surface area is 122 Å². The smallest absolute Gasteiger partial charge is 0.0897 e. The Morgan fingerprint density at radius 3 is 2.85 bits per heavy atom. The van der Waals surface area contributed by atoms with Gasteiger partial charge in [-0.05, 0) is 38.0 Å². The Morgan fingerprint density at radius 1 is 1.35 bits per heavy atom. The van der Waals surface area contributed by atoms with Gasteiger partial charge in [0.15, 0.2) is 0 Å². The van der Waals surface area contributed by atoms with E-state index in [0.29, 0.717) is 31.0 Å². The number of nitrogens with one attached hydrogen (secondary N) is 1. The van der Waals surface area contributed by atoms with Crippen LogP contribution >= 0.6 is 0 Å². The third kappa shape index (κ3) is 4.85. The molecule has 1 aliphatic heterocycles. The Bertz CT molecular complexity index is 308. The zero-order valence-electron chi connectivity index (χ0n) is 12.8.